The Hall–Kier alpha value is -1.91. The van der Waals surface area contributed by atoms with Crippen LogP contribution in [-0.2, 0) is 24.4 Å². The third kappa shape index (κ3) is 4.55. The van der Waals surface area contributed by atoms with Crippen molar-refractivity contribution in [1.82, 2.24) is 5.32 Å². The lowest BCUT2D eigenvalue weighted by Gasteiger charge is -2.09. The molecule has 0 aromatic heterocycles. The molecule has 0 unspecified atom stereocenters. The molecule has 3 nitrogen and oxygen atoms in total. The highest BCUT2D eigenvalue weighted by atomic mass is 19.1. The van der Waals surface area contributed by atoms with E-state index in [9.17, 15) is 4.39 Å². The topological polar surface area (TPSA) is 30.5 Å². The zero-order valence-corrected chi connectivity index (χ0v) is 12.4. The maximum Gasteiger partial charge on any atom is 0.131 e. The molecule has 0 radical (unpaired) electrons. The second-order valence-corrected chi connectivity index (χ2v) is 4.81. The second-order valence-electron chi connectivity index (χ2n) is 4.81. The summed E-state index contributed by atoms with van der Waals surface area (Å²) in [5.41, 5.74) is 2.91. The first-order chi connectivity index (χ1) is 10.2. The van der Waals surface area contributed by atoms with Gasteiger partial charge in [0.2, 0.25) is 0 Å². The van der Waals surface area contributed by atoms with Crippen molar-refractivity contribution < 1.29 is 13.9 Å². The molecule has 1 N–H and O–H groups in total. The van der Waals surface area contributed by atoms with Crippen LogP contribution in [0.5, 0.6) is 5.75 Å². The monoisotopic (exact) mass is 289 g/mol. The summed E-state index contributed by atoms with van der Waals surface area (Å²) in [6, 6.07) is 13.0. The van der Waals surface area contributed by atoms with Crippen LogP contribution in [0, 0.1) is 5.82 Å². The molecule has 0 aliphatic carbocycles. The van der Waals surface area contributed by atoms with Crippen molar-refractivity contribution >= 4 is 0 Å². The number of ether oxygens (including phenoxy) is 2. The molecule has 0 atom stereocenters. The van der Waals surface area contributed by atoms with E-state index in [4.69, 9.17) is 9.47 Å². The predicted molar refractivity (Wildman–Crippen MR) is 80.7 cm³/mol. The molecule has 0 amide bonds. The number of hydrogen-bond acceptors (Lipinski definition) is 3. The Morgan fingerprint density at radius 3 is 2.52 bits per heavy atom. The minimum absolute atomic E-state index is 0.255. The van der Waals surface area contributed by atoms with Crippen molar-refractivity contribution in [3.05, 3.63) is 65.0 Å². The van der Waals surface area contributed by atoms with E-state index in [1.807, 2.05) is 18.2 Å². The fourth-order valence-electron chi connectivity index (χ4n) is 2.14. The van der Waals surface area contributed by atoms with Crippen LogP contribution in [0.3, 0.4) is 0 Å². The first kappa shape index (κ1) is 15.5. The van der Waals surface area contributed by atoms with E-state index in [0.29, 0.717) is 31.0 Å². The summed E-state index contributed by atoms with van der Waals surface area (Å²) >= 11 is 0. The van der Waals surface area contributed by atoms with Gasteiger partial charge >= 0.3 is 0 Å². The standard InChI is InChI=1S/C17H20FNO2/c1-20-12-14-5-3-4-13(8-14)10-19-11-15-6-7-16(21-2)9-17(15)18/h3-9,19H,10-12H2,1-2H3. The van der Waals surface area contributed by atoms with Crippen LogP contribution in [0.2, 0.25) is 0 Å². The van der Waals surface area contributed by atoms with E-state index < -0.39 is 0 Å². The number of halogens is 1. The first-order valence-corrected chi connectivity index (χ1v) is 6.83. The van der Waals surface area contributed by atoms with Crippen LogP contribution in [0.15, 0.2) is 42.5 Å². The van der Waals surface area contributed by atoms with Gasteiger partial charge in [-0.05, 0) is 17.2 Å². The fraction of sp³-hybridized carbons (Fsp3) is 0.294. The molecule has 0 bridgehead atoms. The number of hydrogen-bond donors (Lipinski definition) is 1. The normalized spacial score (nSPS) is 10.6. The molecule has 112 valence electrons. The number of nitrogens with one attached hydrogen (secondary N) is 1. The molecule has 21 heavy (non-hydrogen) atoms. The van der Waals surface area contributed by atoms with E-state index in [-0.39, 0.29) is 5.82 Å². The summed E-state index contributed by atoms with van der Waals surface area (Å²) in [5, 5.41) is 3.24. The van der Waals surface area contributed by atoms with Gasteiger partial charge in [-0.15, -0.1) is 0 Å². The summed E-state index contributed by atoms with van der Waals surface area (Å²) in [5.74, 6) is 0.276. The Kier molecular flexibility index (Phi) is 5.72. The van der Waals surface area contributed by atoms with E-state index >= 15 is 0 Å². The van der Waals surface area contributed by atoms with Gasteiger partial charge in [-0.25, -0.2) is 4.39 Å². The van der Waals surface area contributed by atoms with Crippen molar-refractivity contribution in [2.24, 2.45) is 0 Å². The molecule has 0 saturated heterocycles. The van der Waals surface area contributed by atoms with Crippen LogP contribution in [0.4, 0.5) is 4.39 Å². The number of rotatable bonds is 7. The highest BCUT2D eigenvalue weighted by molar-refractivity contribution is 5.29. The fourth-order valence-corrected chi connectivity index (χ4v) is 2.14. The first-order valence-electron chi connectivity index (χ1n) is 6.83. The van der Waals surface area contributed by atoms with Gasteiger partial charge in [0, 0.05) is 31.8 Å². The Morgan fingerprint density at radius 1 is 1.00 bits per heavy atom. The molecule has 0 spiro atoms. The van der Waals surface area contributed by atoms with Crippen LogP contribution in [0.25, 0.3) is 0 Å². The molecular formula is C17H20FNO2. The van der Waals surface area contributed by atoms with Crippen molar-refractivity contribution in [2.45, 2.75) is 19.7 Å². The van der Waals surface area contributed by atoms with Crippen molar-refractivity contribution in [3.63, 3.8) is 0 Å². The lowest BCUT2D eigenvalue weighted by Crippen LogP contribution is -2.14. The third-order valence-corrected chi connectivity index (χ3v) is 3.21. The zero-order chi connectivity index (χ0) is 15.1. The molecule has 0 saturated carbocycles. The van der Waals surface area contributed by atoms with Crippen LogP contribution < -0.4 is 10.1 Å². The predicted octanol–water partition coefficient (Wildman–Crippen LogP) is 3.27. The summed E-state index contributed by atoms with van der Waals surface area (Å²) in [6.07, 6.45) is 0. The number of methoxy groups -OCH3 is 2. The van der Waals surface area contributed by atoms with E-state index in [1.165, 1.54) is 13.2 Å². The average Bonchev–Trinajstić information content (AvgIpc) is 2.49. The summed E-state index contributed by atoms with van der Waals surface area (Å²) < 4.78 is 23.9. The van der Waals surface area contributed by atoms with Crippen molar-refractivity contribution in [1.29, 1.82) is 0 Å². The van der Waals surface area contributed by atoms with Crippen molar-refractivity contribution in [2.75, 3.05) is 14.2 Å². The van der Waals surface area contributed by atoms with Gasteiger partial charge in [0.1, 0.15) is 11.6 Å². The highest BCUT2D eigenvalue weighted by Crippen LogP contribution is 2.16. The van der Waals surface area contributed by atoms with Gasteiger partial charge in [0.25, 0.3) is 0 Å². The van der Waals surface area contributed by atoms with Gasteiger partial charge in [-0.2, -0.15) is 0 Å². The Labute approximate surface area is 124 Å². The Balaban J connectivity index is 1.90. The zero-order valence-electron chi connectivity index (χ0n) is 12.4. The molecule has 0 aliphatic rings. The van der Waals surface area contributed by atoms with Gasteiger partial charge in [-0.3, -0.25) is 0 Å². The molecular weight excluding hydrogens is 269 g/mol. The van der Waals surface area contributed by atoms with E-state index in [2.05, 4.69) is 11.4 Å². The van der Waals surface area contributed by atoms with Gasteiger partial charge < -0.3 is 14.8 Å². The maximum absolute atomic E-state index is 13.8. The lowest BCUT2D eigenvalue weighted by molar-refractivity contribution is 0.185. The summed E-state index contributed by atoms with van der Waals surface area (Å²) in [7, 11) is 3.21. The summed E-state index contributed by atoms with van der Waals surface area (Å²) in [4.78, 5) is 0. The molecule has 0 fully saturated rings. The molecule has 0 aliphatic heterocycles. The second kappa shape index (κ2) is 7.76. The Morgan fingerprint density at radius 2 is 1.81 bits per heavy atom. The lowest BCUT2D eigenvalue weighted by atomic mass is 10.1. The SMILES string of the molecule is COCc1cccc(CNCc2ccc(OC)cc2F)c1. The third-order valence-electron chi connectivity index (χ3n) is 3.21. The summed E-state index contributed by atoms with van der Waals surface area (Å²) in [6.45, 7) is 1.76. The largest absolute Gasteiger partial charge is 0.497 e. The van der Waals surface area contributed by atoms with Gasteiger partial charge in [0.15, 0.2) is 0 Å². The van der Waals surface area contributed by atoms with Gasteiger partial charge in [0.05, 0.1) is 13.7 Å². The molecule has 4 heteroatoms. The quantitative estimate of drug-likeness (QED) is 0.848. The smallest absolute Gasteiger partial charge is 0.131 e. The van der Waals surface area contributed by atoms with E-state index in [0.717, 1.165) is 11.1 Å². The van der Waals surface area contributed by atoms with Crippen LogP contribution >= 0.6 is 0 Å². The average molecular weight is 289 g/mol. The molecule has 2 aromatic rings. The maximum atomic E-state index is 13.8. The molecule has 2 rings (SSSR count). The van der Waals surface area contributed by atoms with E-state index in [1.54, 1.807) is 19.2 Å². The molecule has 0 heterocycles. The highest BCUT2D eigenvalue weighted by Gasteiger charge is 2.04. The van der Waals surface area contributed by atoms with Crippen LogP contribution in [-0.4, -0.2) is 14.2 Å². The minimum Gasteiger partial charge on any atom is -0.497 e. The van der Waals surface area contributed by atoms with Crippen molar-refractivity contribution in [3.8, 4) is 5.75 Å². The Bertz CT molecular complexity index is 587. The van der Waals surface area contributed by atoms with Crippen LogP contribution in [0.1, 0.15) is 16.7 Å². The minimum atomic E-state index is -0.255. The molecule has 2 aromatic carbocycles. The number of benzene rings is 2. The van der Waals surface area contributed by atoms with Gasteiger partial charge in [-0.1, -0.05) is 30.3 Å².